The van der Waals surface area contributed by atoms with Gasteiger partial charge in [0.1, 0.15) is 0 Å². The van der Waals surface area contributed by atoms with Crippen LogP contribution in [0.25, 0.3) is 0 Å². The van der Waals surface area contributed by atoms with Gasteiger partial charge in [0.2, 0.25) is 0 Å². The molecule has 0 amide bonds. The number of rotatable bonds is 0. The molecule has 1 nitrogen and oxygen atoms in total. The van der Waals surface area contributed by atoms with Crippen LogP contribution in [-0.4, -0.2) is 5.78 Å². The minimum Gasteiger partial charge on any atom is -0.295 e. The van der Waals surface area contributed by atoms with E-state index in [1.54, 1.807) is 6.08 Å². The largest absolute Gasteiger partial charge is 0.295 e. The first-order valence-electron chi connectivity index (χ1n) is 3.75. The monoisotopic (exact) mass is 134 g/mol. The summed E-state index contributed by atoms with van der Waals surface area (Å²) in [4.78, 5) is 11.1. The fraction of sp³-hybridized carbons (Fsp3) is 0.444. The lowest BCUT2D eigenvalue weighted by molar-refractivity contribution is -0.118. The highest BCUT2D eigenvalue weighted by atomic mass is 16.1. The van der Waals surface area contributed by atoms with Crippen LogP contribution in [0, 0.1) is 11.8 Å². The predicted molar refractivity (Wildman–Crippen MR) is 39.5 cm³/mol. The molecule has 0 aromatic heterocycles. The van der Waals surface area contributed by atoms with E-state index in [-0.39, 0.29) is 0 Å². The van der Waals surface area contributed by atoms with Gasteiger partial charge in [0, 0.05) is 5.92 Å². The van der Waals surface area contributed by atoms with Crippen molar-refractivity contribution in [1.82, 2.24) is 0 Å². The van der Waals surface area contributed by atoms with E-state index in [9.17, 15) is 4.79 Å². The highest BCUT2D eigenvalue weighted by molar-refractivity contribution is 5.94. The third-order valence-electron chi connectivity index (χ3n) is 2.35. The van der Waals surface area contributed by atoms with Gasteiger partial charge in [-0.2, -0.15) is 0 Å². The Bertz CT molecular complexity index is 213. The summed E-state index contributed by atoms with van der Waals surface area (Å²) in [5.41, 5.74) is 0. The number of hydrogen-bond acceptors (Lipinski definition) is 1. The molecule has 2 atom stereocenters. The fourth-order valence-electron chi connectivity index (χ4n) is 1.72. The Morgan fingerprint density at radius 2 is 2.10 bits per heavy atom. The molecule has 0 aromatic rings. The SMILES string of the molecule is O=C1C=C[C@@H]2CC=CC[C@H]12. The number of hydrogen-bond donors (Lipinski definition) is 0. The third-order valence-corrected chi connectivity index (χ3v) is 2.35. The Kier molecular flexibility index (Phi) is 1.23. The van der Waals surface area contributed by atoms with E-state index in [0.717, 1.165) is 12.8 Å². The molecular weight excluding hydrogens is 124 g/mol. The predicted octanol–water partition coefficient (Wildman–Crippen LogP) is 1.71. The zero-order valence-corrected chi connectivity index (χ0v) is 5.79. The van der Waals surface area contributed by atoms with Gasteiger partial charge in [-0.1, -0.05) is 18.2 Å². The Morgan fingerprint density at radius 3 is 2.90 bits per heavy atom. The molecule has 0 N–H and O–H groups in total. The van der Waals surface area contributed by atoms with Crippen LogP contribution in [-0.2, 0) is 4.79 Å². The third kappa shape index (κ3) is 0.737. The fourth-order valence-corrected chi connectivity index (χ4v) is 1.72. The van der Waals surface area contributed by atoms with Crippen molar-refractivity contribution < 1.29 is 4.79 Å². The molecule has 52 valence electrons. The maximum Gasteiger partial charge on any atom is 0.159 e. The average Bonchev–Trinajstić information content (AvgIpc) is 2.34. The first kappa shape index (κ1) is 5.90. The zero-order chi connectivity index (χ0) is 6.97. The molecule has 1 heteroatoms. The van der Waals surface area contributed by atoms with E-state index in [0.29, 0.717) is 17.6 Å². The molecule has 0 fully saturated rings. The number of allylic oxidation sites excluding steroid dienone is 4. The van der Waals surface area contributed by atoms with Gasteiger partial charge in [-0.15, -0.1) is 0 Å². The molecular formula is C9H10O. The van der Waals surface area contributed by atoms with Gasteiger partial charge < -0.3 is 0 Å². The van der Waals surface area contributed by atoms with Gasteiger partial charge >= 0.3 is 0 Å². The summed E-state index contributed by atoms with van der Waals surface area (Å²) in [7, 11) is 0. The number of carbonyl (C=O) groups is 1. The number of carbonyl (C=O) groups excluding carboxylic acids is 1. The Hall–Kier alpha value is -0.850. The summed E-state index contributed by atoms with van der Waals surface area (Å²) in [6.07, 6.45) is 10.1. The van der Waals surface area contributed by atoms with Gasteiger partial charge in [0.05, 0.1) is 0 Å². The quantitative estimate of drug-likeness (QED) is 0.461. The van der Waals surface area contributed by atoms with E-state index in [1.165, 1.54) is 0 Å². The topological polar surface area (TPSA) is 17.1 Å². The smallest absolute Gasteiger partial charge is 0.159 e. The van der Waals surface area contributed by atoms with Crippen LogP contribution in [0.4, 0.5) is 0 Å². The van der Waals surface area contributed by atoms with E-state index in [1.807, 2.05) is 0 Å². The Balaban J connectivity index is 2.23. The summed E-state index contributed by atoms with van der Waals surface area (Å²) >= 11 is 0. The summed E-state index contributed by atoms with van der Waals surface area (Å²) in [6.45, 7) is 0. The molecule has 0 bridgehead atoms. The molecule has 0 unspecified atom stereocenters. The van der Waals surface area contributed by atoms with Crippen LogP contribution in [0.1, 0.15) is 12.8 Å². The van der Waals surface area contributed by atoms with Crippen molar-refractivity contribution >= 4 is 5.78 Å². The lowest BCUT2D eigenvalue weighted by Gasteiger charge is -2.18. The minimum absolute atomic E-state index is 0.296. The van der Waals surface area contributed by atoms with Crippen molar-refractivity contribution in [2.24, 2.45) is 11.8 Å². The summed E-state index contributed by atoms with van der Waals surface area (Å²) in [6, 6.07) is 0. The van der Waals surface area contributed by atoms with Gasteiger partial charge in [-0.3, -0.25) is 4.79 Å². The maximum atomic E-state index is 11.1. The van der Waals surface area contributed by atoms with Crippen molar-refractivity contribution in [3.63, 3.8) is 0 Å². The second-order valence-electron chi connectivity index (χ2n) is 2.97. The molecule has 2 rings (SSSR count). The summed E-state index contributed by atoms with van der Waals surface area (Å²) in [5.74, 6) is 1.15. The van der Waals surface area contributed by atoms with Crippen molar-refractivity contribution in [1.29, 1.82) is 0 Å². The lowest BCUT2D eigenvalue weighted by atomic mass is 9.85. The lowest BCUT2D eigenvalue weighted by Crippen LogP contribution is -2.16. The van der Waals surface area contributed by atoms with Gasteiger partial charge in [-0.25, -0.2) is 0 Å². The molecule has 0 aromatic carbocycles. The highest BCUT2D eigenvalue weighted by Crippen LogP contribution is 2.31. The van der Waals surface area contributed by atoms with Crippen LogP contribution in [0.5, 0.6) is 0 Å². The zero-order valence-electron chi connectivity index (χ0n) is 5.79. The van der Waals surface area contributed by atoms with Crippen molar-refractivity contribution in [2.45, 2.75) is 12.8 Å². The first-order valence-corrected chi connectivity index (χ1v) is 3.75. The van der Waals surface area contributed by atoms with Crippen molar-refractivity contribution in [2.75, 3.05) is 0 Å². The van der Waals surface area contributed by atoms with Crippen LogP contribution >= 0.6 is 0 Å². The van der Waals surface area contributed by atoms with E-state index in [2.05, 4.69) is 18.2 Å². The van der Waals surface area contributed by atoms with Crippen molar-refractivity contribution in [3.8, 4) is 0 Å². The first-order chi connectivity index (χ1) is 4.88. The average molecular weight is 134 g/mol. The molecule has 0 spiro atoms. The maximum absolute atomic E-state index is 11.1. The van der Waals surface area contributed by atoms with E-state index < -0.39 is 0 Å². The molecule has 0 radical (unpaired) electrons. The molecule has 2 aliphatic carbocycles. The van der Waals surface area contributed by atoms with Gasteiger partial charge in [-0.05, 0) is 24.8 Å². The second-order valence-corrected chi connectivity index (χ2v) is 2.97. The Labute approximate surface area is 60.4 Å². The van der Waals surface area contributed by atoms with Crippen LogP contribution in [0.2, 0.25) is 0 Å². The Morgan fingerprint density at radius 1 is 1.30 bits per heavy atom. The summed E-state index contributed by atoms with van der Waals surface area (Å²) < 4.78 is 0. The van der Waals surface area contributed by atoms with E-state index >= 15 is 0 Å². The van der Waals surface area contributed by atoms with Gasteiger partial charge in [0.15, 0.2) is 5.78 Å². The van der Waals surface area contributed by atoms with Gasteiger partial charge in [0.25, 0.3) is 0 Å². The van der Waals surface area contributed by atoms with E-state index in [4.69, 9.17) is 0 Å². The summed E-state index contributed by atoms with van der Waals surface area (Å²) in [5, 5.41) is 0. The molecule has 10 heavy (non-hydrogen) atoms. The standard InChI is InChI=1S/C9H10O/c10-9-6-5-7-3-1-2-4-8(7)9/h1-2,5-8H,3-4H2/t7-,8-/m0/s1. The molecule has 0 heterocycles. The molecule has 0 saturated carbocycles. The number of ketones is 1. The van der Waals surface area contributed by atoms with Crippen LogP contribution < -0.4 is 0 Å². The normalized spacial score (nSPS) is 36.6. The molecule has 0 aliphatic heterocycles. The van der Waals surface area contributed by atoms with Crippen LogP contribution in [0.15, 0.2) is 24.3 Å². The minimum atomic E-state index is 0.296. The second kappa shape index (κ2) is 2.08. The van der Waals surface area contributed by atoms with Crippen LogP contribution in [0.3, 0.4) is 0 Å². The molecule has 2 aliphatic rings. The molecule has 0 saturated heterocycles. The number of fused-ring (bicyclic) bond motifs is 1. The van der Waals surface area contributed by atoms with Crippen molar-refractivity contribution in [3.05, 3.63) is 24.3 Å². The highest BCUT2D eigenvalue weighted by Gasteiger charge is 2.29.